The molecule has 2 unspecified atom stereocenters. The Morgan fingerprint density at radius 1 is 1.25 bits per heavy atom. The lowest BCUT2D eigenvalue weighted by Crippen LogP contribution is -2.54. The molecule has 16 heavy (non-hydrogen) atoms. The van der Waals surface area contributed by atoms with Gasteiger partial charge in [-0.1, -0.05) is 0 Å². The molecule has 0 spiro atoms. The van der Waals surface area contributed by atoms with Gasteiger partial charge in [0.15, 0.2) is 0 Å². The topological polar surface area (TPSA) is 52.9 Å². The van der Waals surface area contributed by atoms with Gasteiger partial charge in [0.25, 0.3) is 0 Å². The molecule has 2 N–H and O–H groups in total. The molecule has 1 saturated heterocycles. The average molecular weight is 229 g/mol. The Labute approximate surface area is 97.2 Å². The van der Waals surface area contributed by atoms with Crippen molar-refractivity contribution >= 4 is 0 Å². The van der Waals surface area contributed by atoms with Crippen molar-refractivity contribution in [3.8, 4) is 0 Å². The van der Waals surface area contributed by atoms with Gasteiger partial charge in [0.2, 0.25) is 0 Å². The fraction of sp³-hybridized carbons (Fsp3) is 1.00. The summed E-state index contributed by atoms with van der Waals surface area (Å²) < 4.78 is 5.54. The molecule has 1 heterocycles. The van der Waals surface area contributed by atoms with Gasteiger partial charge in [-0.15, -0.1) is 0 Å². The van der Waals surface area contributed by atoms with Crippen LogP contribution in [0, 0.1) is 0 Å². The third kappa shape index (κ3) is 2.74. The first-order chi connectivity index (χ1) is 7.70. The number of hydrogen-bond donors (Lipinski definition) is 2. The van der Waals surface area contributed by atoms with Crippen LogP contribution in [0.1, 0.15) is 32.6 Å². The largest absolute Gasteiger partial charge is 0.394 e. The second kappa shape index (κ2) is 5.45. The van der Waals surface area contributed by atoms with E-state index in [1.165, 1.54) is 0 Å². The van der Waals surface area contributed by atoms with Gasteiger partial charge in [-0.05, 0) is 32.6 Å². The molecule has 0 radical (unpaired) electrons. The Morgan fingerprint density at radius 3 is 2.56 bits per heavy atom. The lowest BCUT2D eigenvalue weighted by molar-refractivity contribution is -0.0981. The summed E-state index contributed by atoms with van der Waals surface area (Å²) in [5.74, 6) is 0. The van der Waals surface area contributed by atoms with E-state index < -0.39 is 0 Å². The Morgan fingerprint density at radius 2 is 1.94 bits per heavy atom. The van der Waals surface area contributed by atoms with Crippen LogP contribution in [0.5, 0.6) is 0 Å². The van der Waals surface area contributed by atoms with E-state index in [-0.39, 0.29) is 18.8 Å². The quantitative estimate of drug-likeness (QED) is 0.718. The maximum atomic E-state index is 9.51. The van der Waals surface area contributed by atoms with Gasteiger partial charge in [0.05, 0.1) is 25.4 Å². The molecule has 2 rings (SSSR count). The second-order valence-electron chi connectivity index (χ2n) is 5.15. The van der Waals surface area contributed by atoms with Crippen molar-refractivity contribution in [1.82, 2.24) is 4.90 Å². The van der Waals surface area contributed by atoms with Gasteiger partial charge >= 0.3 is 0 Å². The van der Waals surface area contributed by atoms with Crippen LogP contribution in [0.4, 0.5) is 0 Å². The highest BCUT2D eigenvalue weighted by molar-refractivity contribution is 4.86. The number of morpholine rings is 1. The number of ether oxygens (including phenoxy) is 1. The maximum Gasteiger partial charge on any atom is 0.0933 e. The zero-order chi connectivity index (χ0) is 11.5. The van der Waals surface area contributed by atoms with Crippen LogP contribution in [0.25, 0.3) is 0 Å². The van der Waals surface area contributed by atoms with Crippen molar-refractivity contribution in [2.45, 2.75) is 56.9 Å². The number of aliphatic hydroxyl groups excluding tert-OH is 2. The summed E-state index contributed by atoms with van der Waals surface area (Å²) in [7, 11) is 0. The molecule has 2 aliphatic rings. The van der Waals surface area contributed by atoms with Gasteiger partial charge < -0.3 is 14.9 Å². The normalized spacial score (nSPS) is 42.2. The van der Waals surface area contributed by atoms with Crippen LogP contribution in [-0.2, 0) is 4.74 Å². The van der Waals surface area contributed by atoms with E-state index >= 15 is 0 Å². The van der Waals surface area contributed by atoms with Crippen LogP contribution in [0.2, 0.25) is 0 Å². The Balaban J connectivity index is 1.90. The summed E-state index contributed by atoms with van der Waals surface area (Å²) in [5.41, 5.74) is 0. The molecular weight excluding hydrogens is 206 g/mol. The Bertz CT molecular complexity index is 216. The van der Waals surface area contributed by atoms with Crippen molar-refractivity contribution < 1.29 is 14.9 Å². The minimum absolute atomic E-state index is 0.0250. The number of nitrogens with zero attached hydrogens (tertiary/aromatic N) is 1. The van der Waals surface area contributed by atoms with E-state index in [1.54, 1.807) is 0 Å². The van der Waals surface area contributed by atoms with Crippen molar-refractivity contribution in [1.29, 1.82) is 0 Å². The van der Waals surface area contributed by atoms with Crippen molar-refractivity contribution in [2.75, 3.05) is 19.8 Å². The van der Waals surface area contributed by atoms with Crippen molar-refractivity contribution in [3.63, 3.8) is 0 Å². The van der Waals surface area contributed by atoms with Crippen LogP contribution in [0.3, 0.4) is 0 Å². The number of rotatable bonds is 2. The maximum absolute atomic E-state index is 9.51. The summed E-state index contributed by atoms with van der Waals surface area (Å²) >= 11 is 0. The summed E-state index contributed by atoms with van der Waals surface area (Å²) in [6.45, 7) is 3.83. The predicted molar refractivity (Wildman–Crippen MR) is 61.3 cm³/mol. The van der Waals surface area contributed by atoms with E-state index in [1.807, 2.05) is 0 Å². The number of aliphatic hydroxyl groups is 2. The molecule has 1 saturated carbocycles. The van der Waals surface area contributed by atoms with E-state index in [4.69, 9.17) is 9.84 Å². The molecule has 94 valence electrons. The Kier molecular flexibility index (Phi) is 4.19. The summed E-state index contributed by atoms with van der Waals surface area (Å²) in [6, 6.07) is 0.999. The highest BCUT2D eigenvalue weighted by Gasteiger charge is 2.32. The van der Waals surface area contributed by atoms with Gasteiger partial charge in [0, 0.05) is 18.6 Å². The van der Waals surface area contributed by atoms with E-state index in [0.29, 0.717) is 18.7 Å². The third-order valence-electron chi connectivity index (χ3n) is 3.89. The molecular formula is C12H23NO3. The SMILES string of the molecule is CC1COC(CO)CN1C1CCC(O)CC1. The molecule has 0 amide bonds. The van der Waals surface area contributed by atoms with Crippen LogP contribution in [-0.4, -0.2) is 59.2 Å². The highest BCUT2D eigenvalue weighted by atomic mass is 16.5. The first-order valence-electron chi connectivity index (χ1n) is 6.37. The average Bonchev–Trinajstić information content (AvgIpc) is 2.31. The fourth-order valence-electron chi connectivity index (χ4n) is 2.85. The molecule has 0 aromatic carbocycles. The molecule has 0 aromatic heterocycles. The molecule has 1 aliphatic heterocycles. The first-order valence-corrected chi connectivity index (χ1v) is 6.37. The zero-order valence-electron chi connectivity index (χ0n) is 10.0. The van der Waals surface area contributed by atoms with E-state index in [9.17, 15) is 5.11 Å². The lowest BCUT2D eigenvalue weighted by Gasteiger charge is -2.44. The highest BCUT2D eigenvalue weighted by Crippen LogP contribution is 2.26. The predicted octanol–water partition coefficient (Wildman–Crippen LogP) is 0.371. The summed E-state index contributed by atoms with van der Waals surface area (Å²) in [6.07, 6.45) is 3.86. The molecule has 2 atom stereocenters. The zero-order valence-corrected chi connectivity index (χ0v) is 10.0. The molecule has 0 aromatic rings. The van der Waals surface area contributed by atoms with Crippen molar-refractivity contribution in [3.05, 3.63) is 0 Å². The van der Waals surface area contributed by atoms with Crippen LogP contribution < -0.4 is 0 Å². The van der Waals surface area contributed by atoms with Crippen LogP contribution >= 0.6 is 0 Å². The molecule has 0 bridgehead atoms. The smallest absolute Gasteiger partial charge is 0.0933 e. The van der Waals surface area contributed by atoms with Crippen molar-refractivity contribution in [2.24, 2.45) is 0 Å². The number of hydrogen-bond acceptors (Lipinski definition) is 4. The molecule has 2 fully saturated rings. The van der Waals surface area contributed by atoms with Crippen LogP contribution in [0.15, 0.2) is 0 Å². The van der Waals surface area contributed by atoms with Gasteiger partial charge in [0.1, 0.15) is 0 Å². The fourth-order valence-corrected chi connectivity index (χ4v) is 2.85. The monoisotopic (exact) mass is 229 g/mol. The molecule has 4 nitrogen and oxygen atoms in total. The Hall–Kier alpha value is -0.160. The minimum Gasteiger partial charge on any atom is -0.394 e. The van der Waals surface area contributed by atoms with Gasteiger partial charge in [-0.3, -0.25) is 4.90 Å². The van der Waals surface area contributed by atoms with Gasteiger partial charge in [-0.2, -0.15) is 0 Å². The first kappa shape index (κ1) is 12.3. The standard InChI is InChI=1S/C12H23NO3/c1-9-8-16-12(7-14)6-13(9)10-2-4-11(15)5-3-10/h9-12,14-15H,2-8H2,1H3. The summed E-state index contributed by atoms with van der Waals surface area (Å²) in [5, 5.41) is 18.6. The molecule has 1 aliphatic carbocycles. The lowest BCUT2D eigenvalue weighted by atomic mass is 9.90. The minimum atomic E-state index is -0.0961. The second-order valence-corrected chi connectivity index (χ2v) is 5.15. The third-order valence-corrected chi connectivity index (χ3v) is 3.89. The van der Waals surface area contributed by atoms with E-state index in [2.05, 4.69) is 11.8 Å². The summed E-state index contributed by atoms with van der Waals surface area (Å²) in [4.78, 5) is 2.45. The van der Waals surface area contributed by atoms with Gasteiger partial charge in [-0.25, -0.2) is 0 Å². The van der Waals surface area contributed by atoms with E-state index in [0.717, 1.165) is 32.2 Å². The molecule has 4 heteroatoms.